The third-order valence-electron chi connectivity index (χ3n) is 2.35. The average Bonchev–Trinajstić information content (AvgIpc) is 2.34. The Balaban J connectivity index is 4.62. The normalized spacial score (nSPS) is 12.7. The van der Waals surface area contributed by atoms with E-state index in [-0.39, 0.29) is 6.54 Å². The first kappa shape index (κ1) is 18.7. The summed E-state index contributed by atoms with van der Waals surface area (Å²) in [6, 6.07) is -0.893. The molecule has 0 aromatic carbocycles. The Labute approximate surface area is 120 Å². The number of nitrogens with zero attached hydrogens (tertiary/aromatic N) is 1. The maximum Gasteiger partial charge on any atom is 0.410 e. The molecule has 0 aliphatic rings. The lowest BCUT2D eigenvalue weighted by molar-refractivity contribution is -0.142. The number of hydrogen-bond donors (Lipinski definition) is 1. The maximum absolute atomic E-state index is 12.1. The van der Waals surface area contributed by atoms with Gasteiger partial charge >= 0.3 is 12.1 Å². The second-order valence-electron chi connectivity index (χ2n) is 5.40. The average molecular weight is 290 g/mol. The molecule has 0 unspecified atom stereocenters. The van der Waals surface area contributed by atoms with E-state index >= 15 is 0 Å². The zero-order valence-electron chi connectivity index (χ0n) is 13.0. The van der Waals surface area contributed by atoms with Gasteiger partial charge in [-0.3, -0.25) is 4.79 Å². The molecule has 2 N–H and O–H groups in total. The van der Waals surface area contributed by atoms with Gasteiger partial charge in [-0.2, -0.15) is 0 Å². The van der Waals surface area contributed by atoms with Gasteiger partial charge in [-0.05, 0) is 27.2 Å². The predicted octanol–water partition coefficient (Wildman–Crippen LogP) is 0.760. The van der Waals surface area contributed by atoms with Gasteiger partial charge in [0.15, 0.2) is 0 Å². The summed E-state index contributed by atoms with van der Waals surface area (Å²) in [7, 11) is 2.84. The Morgan fingerprint density at radius 1 is 1.25 bits per heavy atom. The van der Waals surface area contributed by atoms with Crippen LogP contribution in [0.1, 0.15) is 27.2 Å². The Morgan fingerprint density at radius 2 is 1.85 bits per heavy atom. The zero-order chi connectivity index (χ0) is 15.8. The fraction of sp³-hybridized carbons (Fsp3) is 0.846. The number of esters is 1. The van der Waals surface area contributed by atoms with Crippen LogP contribution in [0.3, 0.4) is 0 Å². The van der Waals surface area contributed by atoms with Crippen LogP contribution in [-0.4, -0.2) is 62.5 Å². The maximum atomic E-state index is 12.1. The molecular weight excluding hydrogens is 264 g/mol. The van der Waals surface area contributed by atoms with Gasteiger partial charge in [0.2, 0.25) is 0 Å². The molecule has 1 atom stereocenters. The number of amides is 1. The summed E-state index contributed by atoms with van der Waals surface area (Å²) in [4.78, 5) is 24.8. The van der Waals surface area contributed by atoms with E-state index in [1.54, 1.807) is 27.9 Å². The highest BCUT2D eigenvalue weighted by molar-refractivity contribution is 5.77. The molecule has 0 rings (SSSR count). The first-order chi connectivity index (χ1) is 9.21. The van der Waals surface area contributed by atoms with Gasteiger partial charge in [-0.15, -0.1) is 0 Å². The molecule has 0 radical (unpaired) electrons. The predicted molar refractivity (Wildman–Crippen MR) is 74.3 cm³/mol. The topological polar surface area (TPSA) is 91.1 Å². The molecule has 1 amide bonds. The molecule has 0 fully saturated rings. The number of hydrogen-bond acceptors (Lipinski definition) is 6. The highest BCUT2D eigenvalue weighted by atomic mass is 16.6. The van der Waals surface area contributed by atoms with Crippen LogP contribution in [0.15, 0.2) is 0 Å². The second kappa shape index (κ2) is 8.76. The van der Waals surface area contributed by atoms with Crippen LogP contribution in [0.5, 0.6) is 0 Å². The number of nitrogens with two attached hydrogens (primary N) is 1. The summed E-state index contributed by atoms with van der Waals surface area (Å²) in [6.45, 7) is 6.28. The number of carbonyl (C=O) groups excluding carboxylic acids is 2. The first-order valence-electron chi connectivity index (χ1n) is 6.51. The Bertz CT molecular complexity index is 314. The van der Waals surface area contributed by atoms with E-state index in [0.29, 0.717) is 19.6 Å². The molecule has 20 heavy (non-hydrogen) atoms. The lowest BCUT2D eigenvalue weighted by atomic mass is 10.2. The van der Waals surface area contributed by atoms with Gasteiger partial charge in [0, 0.05) is 26.8 Å². The molecule has 0 spiro atoms. The summed E-state index contributed by atoms with van der Waals surface area (Å²) in [5.41, 5.74) is 5.07. The van der Waals surface area contributed by atoms with Crippen LogP contribution in [0.2, 0.25) is 0 Å². The van der Waals surface area contributed by atoms with Crippen LogP contribution < -0.4 is 5.73 Å². The van der Waals surface area contributed by atoms with Crippen molar-refractivity contribution in [3.8, 4) is 0 Å². The molecule has 0 saturated carbocycles. The molecule has 0 aromatic heterocycles. The summed E-state index contributed by atoms with van der Waals surface area (Å²) < 4.78 is 14.8. The summed E-state index contributed by atoms with van der Waals surface area (Å²) in [5.74, 6) is -0.565. The van der Waals surface area contributed by atoms with Crippen LogP contribution in [0.25, 0.3) is 0 Å². The lowest BCUT2D eigenvalue weighted by Crippen LogP contribution is -2.47. The summed E-state index contributed by atoms with van der Waals surface area (Å²) >= 11 is 0. The molecular formula is C13H26N2O5. The largest absolute Gasteiger partial charge is 0.468 e. The van der Waals surface area contributed by atoms with Gasteiger partial charge in [0.1, 0.15) is 11.6 Å². The number of methoxy groups -OCH3 is 2. The van der Waals surface area contributed by atoms with Gasteiger partial charge in [0.05, 0.1) is 7.11 Å². The van der Waals surface area contributed by atoms with Gasteiger partial charge in [0.25, 0.3) is 0 Å². The minimum absolute atomic E-state index is 0.0469. The van der Waals surface area contributed by atoms with E-state index in [4.69, 9.17) is 15.2 Å². The standard InChI is InChI=1S/C13H26N2O5/c1-13(2,3)20-12(17)15(7-6-8-18-4)9-10(14)11(16)19-5/h10H,6-9,14H2,1-5H3/t10-/m0/s1. The fourth-order valence-corrected chi connectivity index (χ4v) is 1.45. The highest BCUT2D eigenvalue weighted by Crippen LogP contribution is 2.10. The number of ether oxygens (including phenoxy) is 3. The van der Waals surface area contributed by atoms with E-state index in [1.807, 2.05) is 0 Å². The van der Waals surface area contributed by atoms with Crippen molar-refractivity contribution in [1.29, 1.82) is 0 Å². The highest BCUT2D eigenvalue weighted by Gasteiger charge is 2.26. The van der Waals surface area contributed by atoms with Crippen molar-refractivity contribution < 1.29 is 23.8 Å². The van der Waals surface area contributed by atoms with E-state index in [9.17, 15) is 9.59 Å². The lowest BCUT2D eigenvalue weighted by Gasteiger charge is -2.28. The quantitative estimate of drug-likeness (QED) is 0.550. The van der Waals surface area contributed by atoms with E-state index in [2.05, 4.69) is 4.74 Å². The van der Waals surface area contributed by atoms with Crippen molar-refractivity contribution in [2.24, 2.45) is 5.73 Å². The van der Waals surface area contributed by atoms with E-state index in [1.165, 1.54) is 12.0 Å². The van der Waals surface area contributed by atoms with Crippen LogP contribution >= 0.6 is 0 Å². The smallest absolute Gasteiger partial charge is 0.410 e. The molecule has 0 aromatic rings. The monoisotopic (exact) mass is 290 g/mol. The number of rotatable bonds is 7. The first-order valence-corrected chi connectivity index (χ1v) is 6.51. The van der Waals surface area contributed by atoms with Crippen LogP contribution in [0, 0.1) is 0 Å². The zero-order valence-corrected chi connectivity index (χ0v) is 13.0. The third kappa shape index (κ3) is 7.96. The Hall–Kier alpha value is -1.34. The van der Waals surface area contributed by atoms with Gasteiger partial charge in [-0.1, -0.05) is 0 Å². The molecule has 7 heteroatoms. The molecule has 7 nitrogen and oxygen atoms in total. The van der Waals surface area contributed by atoms with Crippen LogP contribution in [0.4, 0.5) is 4.79 Å². The van der Waals surface area contributed by atoms with E-state index in [0.717, 1.165) is 0 Å². The summed E-state index contributed by atoms with van der Waals surface area (Å²) in [5, 5.41) is 0. The van der Waals surface area contributed by atoms with E-state index < -0.39 is 23.7 Å². The number of carbonyl (C=O) groups is 2. The Kier molecular flexibility index (Phi) is 8.17. The third-order valence-corrected chi connectivity index (χ3v) is 2.35. The van der Waals surface area contributed by atoms with Crippen molar-refractivity contribution in [2.45, 2.75) is 38.8 Å². The van der Waals surface area contributed by atoms with Crippen molar-refractivity contribution in [2.75, 3.05) is 33.9 Å². The minimum atomic E-state index is -0.893. The molecule has 0 aliphatic carbocycles. The second-order valence-corrected chi connectivity index (χ2v) is 5.40. The van der Waals surface area contributed by atoms with Gasteiger partial charge in [-0.25, -0.2) is 4.79 Å². The molecule has 118 valence electrons. The molecule has 0 saturated heterocycles. The fourth-order valence-electron chi connectivity index (χ4n) is 1.45. The van der Waals surface area contributed by atoms with Crippen molar-refractivity contribution in [3.05, 3.63) is 0 Å². The minimum Gasteiger partial charge on any atom is -0.468 e. The molecule has 0 aliphatic heterocycles. The van der Waals surface area contributed by atoms with Gasteiger partial charge < -0.3 is 24.8 Å². The van der Waals surface area contributed by atoms with Crippen molar-refractivity contribution in [1.82, 2.24) is 4.90 Å². The molecule has 0 bridgehead atoms. The SMILES string of the molecule is COCCCN(C[C@H](N)C(=O)OC)C(=O)OC(C)(C)C. The molecule has 0 heterocycles. The summed E-state index contributed by atoms with van der Waals surface area (Å²) in [6.07, 6.45) is 0.122. The van der Waals surface area contributed by atoms with Crippen LogP contribution in [-0.2, 0) is 19.0 Å². The van der Waals surface area contributed by atoms with Crippen molar-refractivity contribution >= 4 is 12.1 Å². The Morgan fingerprint density at radius 3 is 2.30 bits per heavy atom. The van der Waals surface area contributed by atoms with Crippen molar-refractivity contribution in [3.63, 3.8) is 0 Å².